The number of imidazole rings is 1. The predicted molar refractivity (Wildman–Crippen MR) is 108 cm³/mol. The van der Waals surface area contributed by atoms with Crippen molar-refractivity contribution in [1.29, 1.82) is 0 Å². The molecule has 2 rings (SSSR count). The van der Waals surface area contributed by atoms with Gasteiger partial charge < -0.3 is 10.3 Å². The van der Waals surface area contributed by atoms with Gasteiger partial charge in [0.15, 0.2) is 5.65 Å². The molecule has 6 heteroatoms. The highest BCUT2D eigenvalue weighted by molar-refractivity contribution is 7.99. The number of nitrogen functional groups attached to an aromatic ring is 1. The summed E-state index contributed by atoms with van der Waals surface area (Å²) in [6.45, 7) is 10.0. The summed E-state index contributed by atoms with van der Waals surface area (Å²) in [5.41, 5.74) is 7.74. The van der Waals surface area contributed by atoms with Crippen LogP contribution in [-0.2, 0) is 6.54 Å². The summed E-state index contributed by atoms with van der Waals surface area (Å²) in [6, 6.07) is 0. The Balaban J connectivity index is 2.11. The van der Waals surface area contributed by atoms with Crippen LogP contribution in [0.2, 0.25) is 0 Å². The Labute approximate surface area is 156 Å². The van der Waals surface area contributed by atoms with Crippen LogP contribution in [0.4, 0.5) is 5.95 Å². The molecule has 0 spiro atoms. The fourth-order valence-corrected chi connectivity index (χ4v) is 4.05. The molecule has 2 atom stereocenters. The molecular formula is C19H33N5S. The van der Waals surface area contributed by atoms with E-state index in [4.69, 9.17) is 5.73 Å². The van der Waals surface area contributed by atoms with Gasteiger partial charge in [-0.1, -0.05) is 53.4 Å². The van der Waals surface area contributed by atoms with Crippen molar-refractivity contribution in [2.45, 2.75) is 77.8 Å². The van der Waals surface area contributed by atoms with Crippen LogP contribution in [0.25, 0.3) is 11.2 Å². The lowest BCUT2D eigenvalue weighted by Gasteiger charge is -2.12. The molecule has 2 N–H and O–H groups in total. The molecule has 0 saturated carbocycles. The predicted octanol–water partition coefficient (Wildman–Crippen LogP) is 5.15. The highest BCUT2D eigenvalue weighted by atomic mass is 32.2. The molecule has 2 aromatic rings. The molecule has 0 aliphatic carbocycles. The molecule has 0 amide bonds. The Morgan fingerprint density at radius 1 is 1.08 bits per heavy atom. The number of hydrogen-bond acceptors (Lipinski definition) is 5. The Bertz CT molecular complexity index is 655. The van der Waals surface area contributed by atoms with Crippen LogP contribution in [0.3, 0.4) is 0 Å². The zero-order valence-corrected chi connectivity index (χ0v) is 17.0. The number of anilines is 1. The molecule has 0 fully saturated rings. The summed E-state index contributed by atoms with van der Waals surface area (Å²) in [6.07, 6.45) is 9.42. The average molecular weight is 364 g/mol. The molecule has 140 valence electrons. The maximum atomic E-state index is 5.97. The van der Waals surface area contributed by atoms with Crippen molar-refractivity contribution in [2.75, 3.05) is 11.5 Å². The highest BCUT2D eigenvalue weighted by Crippen LogP contribution is 2.28. The molecule has 5 nitrogen and oxygen atoms in total. The van der Waals surface area contributed by atoms with Crippen LogP contribution in [0.1, 0.15) is 66.2 Å². The van der Waals surface area contributed by atoms with Crippen molar-refractivity contribution in [3.8, 4) is 0 Å². The van der Waals surface area contributed by atoms with E-state index in [1.807, 2.05) is 6.33 Å². The van der Waals surface area contributed by atoms with Crippen LogP contribution in [0, 0.1) is 11.8 Å². The lowest BCUT2D eigenvalue weighted by molar-refractivity contribution is 0.439. The minimum absolute atomic E-state index is 0.346. The highest BCUT2D eigenvalue weighted by Gasteiger charge is 2.15. The Hall–Kier alpha value is -1.30. The van der Waals surface area contributed by atoms with Crippen LogP contribution in [0.15, 0.2) is 11.4 Å². The summed E-state index contributed by atoms with van der Waals surface area (Å²) >= 11 is 1.76. The molecule has 0 aliphatic heterocycles. The number of nitrogens with zero attached hydrogens (tertiary/aromatic N) is 4. The van der Waals surface area contributed by atoms with Crippen molar-refractivity contribution >= 4 is 28.9 Å². The molecular weight excluding hydrogens is 330 g/mol. The second-order valence-corrected chi connectivity index (χ2v) is 8.27. The third kappa shape index (κ3) is 5.87. The summed E-state index contributed by atoms with van der Waals surface area (Å²) in [5.74, 6) is 2.68. The van der Waals surface area contributed by atoms with E-state index in [1.54, 1.807) is 11.8 Å². The maximum Gasteiger partial charge on any atom is 0.223 e. The lowest BCUT2D eigenvalue weighted by atomic mass is 10.0. The molecule has 0 aliphatic rings. The van der Waals surface area contributed by atoms with Gasteiger partial charge >= 0.3 is 0 Å². The SMILES string of the molecule is CCCC[C@@H](C)Cn1cnc2c(SC[C@@H](C)CCCC)nc(N)nc21. The zero-order valence-electron chi connectivity index (χ0n) is 16.2. The standard InChI is InChI=1S/C19H33N5S/c1-5-7-9-14(3)11-24-13-21-16-17(24)22-19(20)23-18(16)25-12-15(4)10-8-6-2/h13-15H,5-12H2,1-4H3,(H2,20,22,23)/t14-,15+/m1/s1. The monoisotopic (exact) mass is 363 g/mol. The van der Waals surface area contributed by atoms with Gasteiger partial charge in [0.05, 0.1) is 6.33 Å². The summed E-state index contributed by atoms with van der Waals surface area (Å²) in [7, 11) is 0. The first-order chi connectivity index (χ1) is 12.0. The van der Waals surface area contributed by atoms with Gasteiger partial charge in [0.25, 0.3) is 0 Å². The fraction of sp³-hybridized carbons (Fsp3) is 0.737. The summed E-state index contributed by atoms with van der Waals surface area (Å²) in [5, 5.41) is 0.922. The number of rotatable bonds is 11. The molecule has 0 unspecified atom stereocenters. The van der Waals surface area contributed by atoms with E-state index >= 15 is 0 Å². The topological polar surface area (TPSA) is 69.6 Å². The normalized spacial score (nSPS) is 14.1. The van der Waals surface area contributed by atoms with Crippen LogP contribution < -0.4 is 5.73 Å². The van der Waals surface area contributed by atoms with E-state index < -0.39 is 0 Å². The number of thioether (sulfide) groups is 1. The van der Waals surface area contributed by atoms with Gasteiger partial charge in [-0.15, -0.1) is 11.8 Å². The van der Waals surface area contributed by atoms with Crippen molar-refractivity contribution in [3.05, 3.63) is 6.33 Å². The van der Waals surface area contributed by atoms with E-state index in [9.17, 15) is 0 Å². The van der Waals surface area contributed by atoms with Crippen LogP contribution in [-0.4, -0.2) is 25.3 Å². The van der Waals surface area contributed by atoms with E-state index in [0.717, 1.165) is 28.5 Å². The third-order valence-electron chi connectivity index (χ3n) is 4.56. The molecule has 0 saturated heterocycles. The van der Waals surface area contributed by atoms with Crippen molar-refractivity contribution < 1.29 is 0 Å². The van der Waals surface area contributed by atoms with Gasteiger partial charge in [-0.2, -0.15) is 4.98 Å². The van der Waals surface area contributed by atoms with E-state index in [-0.39, 0.29) is 0 Å². The molecule has 0 bridgehead atoms. The Kier molecular flexibility index (Phi) is 8.00. The Morgan fingerprint density at radius 2 is 1.76 bits per heavy atom. The van der Waals surface area contributed by atoms with E-state index in [2.05, 4.69) is 47.2 Å². The number of aromatic nitrogens is 4. The smallest absolute Gasteiger partial charge is 0.223 e. The quantitative estimate of drug-likeness (QED) is 0.441. The second kappa shape index (κ2) is 10.00. The fourth-order valence-electron chi connectivity index (χ4n) is 3.01. The zero-order chi connectivity index (χ0) is 18.2. The van der Waals surface area contributed by atoms with Crippen molar-refractivity contribution in [3.63, 3.8) is 0 Å². The third-order valence-corrected chi connectivity index (χ3v) is 5.86. The molecule has 2 heterocycles. The summed E-state index contributed by atoms with van der Waals surface area (Å²) in [4.78, 5) is 13.5. The first kappa shape index (κ1) is 20.0. The molecule has 2 aromatic heterocycles. The van der Waals surface area contributed by atoms with Gasteiger partial charge in [-0.25, -0.2) is 9.97 Å². The van der Waals surface area contributed by atoms with Gasteiger partial charge in [-0.3, -0.25) is 0 Å². The average Bonchev–Trinajstić information content (AvgIpc) is 2.98. The Morgan fingerprint density at radius 3 is 2.44 bits per heavy atom. The number of fused-ring (bicyclic) bond motifs is 1. The van der Waals surface area contributed by atoms with Crippen molar-refractivity contribution in [1.82, 2.24) is 19.5 Å². The maximum absolute atomic E-state index is 5.97. The largest absolute Gasteiger partial charge is 0.368 e. The minimum Gasteiger partial charge on any atom is -0.368 e. The van der Waals surface area contributed by atoms with Gasteiger partial charge in [0.2, 0.25) is 5.95 Å². The van der Waals surface area contributed by atoms with E-state index in [1.165, 1.54) is 38.5 Å². The van der Waals surface area contributed by atoms with Gasteiger partial charge in [0.1, 0.15) is 10.5 Å². The van der Waals surface area contributed by atoms with Crippen LogP contribution >= 0.6 is 11.8 Å². The number of unbranched alkanes of at least 4 members (excludes halogenated alkanes) is 2. The van der Waals surface area contributed by atoms with Gasteiger partial charge in [-0.05, 0) is 24.7 Å². The number of nitrogens with two attached hydrogens (primary N) is 1. The second-order valence-electron chi connectivity index (χ2n) is 7.26. The first-order valence-corrected chi connectivity index (χ1v) is 10.6. The van der Waals surface area contributed by atoms with Crippen LogP contribution in [0.5, 0.6) is 0 Å². The van der Waals surface area contributed by atoms with Crippen molar-refractivity contribution in [2.24, 2.45) is 11.8 Å². The molecule has 25 heavy (non-hydrogen) atoms. The first-order valence-electron chi connectivity index (χ1n) is 9.66. The lowest BCUT2D eigenvalue weighted by Crippen LogP contribution is -2.08. The minimum atomic E-state index is 0.346. The van der Waals surface area contributed by atoms with E-state index in [0.29, 0.717) is 17.8 Å². The number of hydrogen-bond donors (Lipinski definition) is 1. The molecule has 0 radical (unpaired) electrons. The molecule has 0 aromatic carbocycles. The van der Waals surface area contributed by atoms with Gasteiger partial charge in [0, 0.05) is 12.3 Å². The summed E-state index contributed by atoms with van der Waals surface area (Å²) < 4.78 is 2.14.